The van der Waals surface area contributed by atoms with Crippen LogP contribution in [-0.4, -0.2) is 45.5 Å². The van der Waals surface area contributed by atoms with Gasteiger partial charge in [-0.3, -0.25) is 9.69 Å². The molecule has 2 aromatic rings. The zero-order valence-electron chi connectivity index (χ0n) is 15.2. The van der Waals surface area contributed by atoms with Gasteiger partial charge in [0.15, 0.2) is 0 Å². The number of nitrogens with one attached hydrogen (secondary N) is 1. The lowest BCUT2D eigenvalue weighted by molar-refractivity contribution is -0.117. The Morgan fingerprint density at radius 3 is 2.29 bits per heavy atom. The van der Waals surface area contributed by atoms with Gasteiger partial charge in [0.25, 0.3) is 0 Å². The molecule has 0 saturated heterocycles. The number of amides is 1. The van der Waals surface area contributed by atoms with E-state index >= 15 is 0 Å². The Morgan fingerprint density at radius 2 is 1.75 bits per heavy atom. The van der Waals surface area contributed by atoms with Gasteiger partial charge in [-0.05, 0) is 42.9 Å². The predicted octanol–water partition coefficient (Wildman–Crippen LogP) is 2.98. The summed E-state index contributed by atoms with van der Waals surface area (Å²) in [5, 5.41) is 8.51. The number of rotatable bonds is 9. The molecule has 0 radical (unpaired) electrons. The molecule has 3 N–H and O–H groups in total. The summed E-state index contributed by atoms with van der Waals surface area (Å²) in [7, 11) is -3.73. The fourth-order valence-corrected chi connectivity index (χ4v) is 3.37. The molecule has 0 aliphatic carbocycles. The van der Waals surface area contributed by atoms with E-state index in [4.69, 9.17) is 33.1 Å². The number of para-hydroxylation sites is 1. The lowest BCUT2D eigenvalue weighted by Crippen LogP contribution is -2.36. The summed E-state index contributed by atoms with van der Waals surface area (Å²) >= 11 is 12.1. The number of ether oxygens (including phenoxy) is 1. The quantitative estimate of drug-likeness (QED) is 0.617. The number of likely N-dealkylation sites (N-methyl/N-ethyl adjacent to an activating group) is 1. The molecule has 0 aliphatic rings. The van der Waals surface area contributed by atoms with E-state index in [1.165, 1.54) is 24.3 Å². The number of hydrogen-bond acceptors (Lipinski definition) is 5. The van der Waals surface area contributed by atoms with Gasteiger partial charge in [0.1, 0.15) is 12.4 Å². The number of sulfonamides is 1. The molecule has 152 valence electrons. The molecule has 0 aromatic heterocycles. The minimum Gasteiger partial charge on any atom is -0.492 e. The van der Waals surface area contributed by atoms with Crippen LogP contribution in [0.25, 0.3) is 0 Å². The van der Waals surface area contributed by atoms with Gasteiger partial charge in [-0.15, -0.1) is 0 Å². The summed E-state index contributed by atoms with van der Waals surface area (Å²) in [4.78, 5) is 14.2. The highest BCUT2D eigenvalue weighted by Gasteiger charge is 2.13. The van der Waals surface area contributed by atoms with E-state index in [9.17, 15) is 13.2 Å². The molecule has 0 heterocycles. The Kier molecular flexibility index (Phi) is 8.09. The number of halogens is 2. The molecule has 2 rings (SSSR count). The molecule has 0 aliphatic heterocycles. The highest BCUT2D eigenvalue weighted by atomic mass is 35.5. The topological polar surface area (TPSA) is 102 Å². The summed E-state index contributed by atoms with van der Waals surface area (Å²) in [5.41, 5.74) is 0.387. The van der Waals surface area contributed by atoms with Crippen molar-refractivity contribution in [2.24, 2.45) is 5.14 Å². The Labute approximate surface area is 174 Å². The van der Waals surface area contributed by atoms with Gasteiger partial charge < -0.3 is 10.1 Å². The van der Waals surface area contributed by atoms with Crippen molar-refractivity contribution in [3.05, 3.63) is 52.5 Å². The van der Waals surface area contributed by atoms with E-state index in [0.717, 1.165) is 0 Å². The van der Waals surface area contributed by atoms with Crippen molar-refractivity contribution in [1.82, 2.24) is 4.90 Å². The zero-order valence-corrected chi connectivity index (χ0v) is 17.5. The maximum atomic E-state index is 12.3. The van der Waals surface area contributed by atoms with Crippen LogP contribution >= 0.6 is 23.2 Å². The lowest BCUT2D eigenvalue weighted by Gasteiger charge is -2.20. The second-order valence-corrected chi connectivity index (χ2v) is 8.25. The van der Waals surface area contributed by atoms with Crippen molar-refractivity contribution in [2.75, 3.05) is 31.6 Å². The molecule has 10 heteroatoms. The minimum absolute atomic E-state index is 0.0185. The number of hydrogen-bond donors (Lipinski definition) is 2. The van der Waals surface area contributed by atoms with E-state index < -0.39 is 10.0 Å². The maximum Gasteiger partial charge on any atom is 0.238 e. The number of nitrogens with zero attached hydrogens (tertiary/aromatic N) is 1. The molecule has 0 bridgehead atoms. The minimum atomic E-state index is -3.73. The third kappa shape index (κ3) is 6.65. The van der Waals surface area contributed by atoms with Crippen molar-refractivity contribution >= 4 is 44.8 Å². The van der Waals surface area contributed by atoms with E-state index in [0.29, 0.717) is 41.2 Å². The first kappa shape index (κ1) is 22.4. The predicted molar refractivity (Wildman–Crippen MR) is 111 cm³/mol. The highest BCUT2D eigenvalue weighted by molar-refractivity contribution is 7.89. The Balaban J connectivity index is 1.84. The number of nitrogens with two attached hydrogens (primary N) is 1. The second kappa shape index (κ2) is 10.1. The average Bonchev–Trinajstić information content (AvgIpc) is 2.63. The van der Waals surface area contributed by atoms with Crippen molar-refractivity contribution < 1.29 is 17.9 Å². The normalized spacial score (nSPS) is 11.5. The van der Waals surface area contributed by atoms with E-state index in [2.05, 4.69) is 5.32 Å². The first-order chi connectivity index (χ1) is 13.2. The van der Waals surface area contributed by atoms with Gasteiger partial charge in [-0.25, -0.2) is 13.6 Å². The number of primary sulfonamides is 1. The monoisotopic (exact) mass is 445 g/mol. The molecule has 1 amide bonds. The molecular weight excluding hydrogens is 425 g/mol. The number of carbonyl (C=O) groups excluding carboxylic acids is 1. The number of anilines is 1. The summed E-state index contributed by atoms with van der Waals surface area (Å²) in [5.74, 6) is 0.269. The fraction of sp³-hybridized carbons (Fsp3) is 0.278. The van der Waals surface area contributed by atoms with E-state index in [1.54, 1.807) is 18.2 Å². The van der Waals surface area contributed by atoms with Crippen LogP contribution in [-0.2, 0) is 14.8 Å². The number of benzene rings is 2. The van der Waals surface area contributed by atoms with Crippen LogP contribution in [0.15, 0.2) is 47.4 Å². The largest absolute Gasteiger partial charge is 0.492 e. The third-order valence-corrected chi connectivity index (χ3v) is 5.43. The van der Waals surface area contributed by atoms with Crippen LogP contribution in [0.4, 0.5) is 5.69 Å². The molecule has 7 nitrogen and oxygen atoms in total. The molecule has 0 atom stereocenters. The molecular formula is C18H21Cl2N3O4S. The van der Waals surface area contributed by atoms with Gasteiger partial charge in [0.05, 0.1) is 27.2 Å². The first-order valence-corrected chi connectivity index (χ1v) is 10.7. The van der Waals surface area contributed by atoms with Gasteiger partial charge >= 0.3 is 0 Å². The number of carbonyl (C=O) groups is 1. The molecule has 0 fully saturated rings. The van der Waals surface area contributed by atoms with Crippen LogP contribution in [0.3, 0.4) is 0 Å². The second-order valence-electron chi connectivity index (χ2n) is 5.88. The Bertz CT molecular complexity index is 901. The van der Waals surface area contributed by atoms with E-state index in [1.807, 2.05) is 11.8 Å². The van der Waals surface area contributed by atoms with Gasteiger partial charge in [-0.1, -0.05) is 36.2 Å². The summed E-state index contributed by atoms with van der Waals surface area (Å²) in [6.45, 7) is 3.53. The molecule has 28 heavy (non-hydrogen) atoms. The van der Waals surface area contributed by atoms with Crippen molar-refractivity contribution in [3.8, 4) is 5.75 Å². The van der Waals surface area contributed by atoms with Gasteiger partial charge in [0, 0.05) is 6.54 Å². The third-order valence-electron chi connectivity index (χ3n) is 3.87. The van der Waals surface area contributed by atoms with Crippen LogP contribution in [0.2, 0.25) is 10.0 Å². The summed E-state index contributed by atoms with van der Waals surface area (Å²) in [6, 6.07) is 10.8. The first-order valence-electron chi connectivity index (χ1n) is 8.42. The van der Waals surface area contributed by atoms with Crippen LogP contribution in [0.5, 0.6) is 5.75 Å². The van der Waals surface area contributed by atoms with Gasteiger partial charge in [-0.2, -0.15) is 0 Å². The Hall–Kier alpha value is -1.84. The molecule has 0 saturated carbocycles. The molecule has 0 unspecified atom stereocenters. The van der Waals surface area contributed by atoms with Crippen molar-refractivity contribution in [3.63, 3.8) is 0 Å². The van der Waals surface area contributed by atoms with Crippen LogP contribution in [0.1, 0.15) is 6.92 Å². The molecule has 0 spiro atoms. The fourth-order valence-electron chi connectivity index (χ4n) is 2.37. The lowest BCUT2D eigenvalue weighted by atomic mass is 10.3. The zero-order chi connectivity index (χ0) is 20.7. The summed E-state index contributed by atoms with van der Waals surface area (Å²) in [6.07, 6.45) is 0. The SMILES string of the molecule is CCN(CCOc1ccc(S(N)(=O)=O)cc1)CC(=O)Nc1c(Cl)cccc1Cl. The van der Waals surface area contributed by atoms with Crippen LogP contribution < -0.4 is 15.2 Å². The van der Waals surface area contributed by atoms with Crippen molar-refractivity contribution in [2.45, 2.75) is 11.8 Å². The Morgan fingerprint density at radius 1 is 1.14 bits per heavy atom. The van der Waals surface area contributed by atoms with E-state index in [-0.39, 0.29) is 17.3 Å². The van der Waals surface area contributed by atoms with Crippen molar-refractivity contribution in [1.29, 1.82) is 0 Å². The standard InChI is InChI=1S/C18H21Cl2N3O4S/c1-2-23(12-17(24)22-18-15(19)4-3-5-16(18)20)10-11-27-13-6-8-14(9-7-13)28(21,25)26/h3-9H,2,10-12H2,1H3,(H,22,24)(H2,21,25,26). The smallest absolute Gasteiger partial charge is 0.238 e. The maximum absolute atomic E-state index is 12.3. The van der Waals surface area contributed by atoms with Gasteiger partial charge in [0.2, 0.25) is 15.9 Å². The molecule has 2 aromatic carbocycles. The summed E-state index contributed by atoms with van der Waals surface area (Å²) < 4.78 is 28.1. The average molecular weight is 446 g/mol. The van der Waals surface area contributed by atoms with Crippen LogP contribution in [0, 0.1) is 0 Å². The highest BCUT2D eigenvalue weighted by Crippen LogP contribution is 2.29.